The third-order valence-corrected chi connectivity index (χ3v) is 5.49. The van der Waals surface area contributed by atoms with E-state index in [1.165, 1.54) is 5.56 Å². The lowest BCUT2D eigenvalue weighted by Crippen LogP contribution is -2.20. The fourth-order valence-electron chi connectivity index (χ4n) is 4.12. The van der Waals surface area contributed by atoms with Crippen molar-refractivity contribution in [2.75, 3.05) is 13.1 Å². The Labute approximate surface area is 164 Å². The molecule has 1 fully saturated rings. The summed E-state index contributed by atoms with van der Waals surface area (Å²) in [6, 6.07) is 14.7. The summed E-state index contributed by atoms with van der Waals surface area (Å²) in [5, 5.41) is 1.14. The largest absolute Gasteiger partial charge is 0.449 e. The van der Waals surface area contributed by atoms with Crippen LogP contribution < -0.4 is 0 Å². The fraction of sp³-hybridized carbons (Fsp3) is 0.261. The number of likely N-dealkylation sites (tertiary alicyclic amines) is 1. The molecule has 0 radical (unpaired) electrons. The van der Waals surface area contributed by atoms with E-state index in [1.807, 2.05) is 25.4 Å². The number of aromatic nitrogens is 3. The first-order valence-corrected chi connectivity index (χ1v) is 9.70. The van der Waals surface area contributed by atoms with Crippen LogP contribution in [0.2, 0.25) is 0 Å². The molecule has 1 saturated heterocycles. The van der Waals surface area contributed by atoms with Crippen molar-refractivity contribution in [2.24, 2.45) is 0 Å². The molecule has 0 saturated carbocycles. The lowest BCUT2D eigenvalue weighted by molar-refractivity contribution is 0.322. The third-order valence-electron chi connectivity index (χ3n) is 5.49. The molecular weight excluding hydrogens is 348 g/mol. The monoisotopic (exact) mass is 370 g/mol. The Morgan fingerprint density at radius 3 is 2.93 bits per heavy atom. The van der Waals surface area contributed by atoms with Crippen LogP contribution in [0.15, 0.2) is 65.5 Å². The predicted molar refractivity (Wildman–Crippen MR) is 109 cm³/mol. The Hall–Kier alpha value is -3.05. The quantitative estimate of drug-likeness (QED) is 0.526. The third kappa shape index (κ3) is 3.29. The van der Waals surface area contributed by atoms with Crippen LogP contribution in [0.3, 0.4) is 0 Å². The summed E-state index contributed by atoms with van der Waals surface area (Å²) in [7, 11) is 0. The number of pyridine rings is 2. The summed E-state index contributed by atoms with van der Waals surface area (Å²) in [4.78, 5) is 16.1. The second-order valence-electron chi connectivity index (χ2n) is 7.43. The van der Waals surface area contributed by atoms with Crippen LogP contribution in [-0.2, 0) is 6.54 Å². The summed E-state index contributed by atoms with van der Waals surface area (Å²) in [6.07, 6.45) is 6.68. The zero-order valence-electron chi connectivity index (χ0n) is 15.9. The molecule has 0 bridgehead atoms. The summed E-state index contributed by atoms with van der Waals surface area (Å²) in [6.45, 7) is 4.84. The topological polar surface area (TPSA) is 55.1 Å². The Morgan fingerprint density at radius 1 is 1.11 bits per heavy atom. The molecule has 0 N–H and O–H groups in total. The minimum absolute atomic E-state index is 0.512. The molecule has 5 heteroatoms. The highest BCUT2D eigenvalue weighted by molar-refractivity contribution is 5.92. The number of aryl methyl sites for hydroxylation is 1. The van der Waals surface area contributed by atoms with Gasteiger partial charge in [-0.1, -0.05) is 24.3 Å². The standard InChI is InChI=1S/C23H22N4O/c1-16-26-20(15-28-16)14-27-11-8-19(13-27)18-7-10-24-22(12-18)21-6-2-4-17-5-3-9-25-23(17)21/h2-7,9-10,12,15,19H,8,11,13-14H2,1H3. The molecule has 4 heterocycles. The number of rotatable bonds is 4. The van der Waals surface area contributed by atoms with E-state index in [-0.39, 0.29) is 0 Å². The minimum Gasteiger partial charge on any atom is -0.449 e. The maximum atomic E-state index is 5.33. The number of fused-ring (bicyclic) bond motifs is 1. The van der Waals surface area contributed by atoms with Crippen LogP contribution in [0.1, 0.15) is 29.5 Å². The number of para-hydroxylation sites is 1. The van der Waals surface area contributed by atoms with Crippen molar-refractivity contribution in [2.45, 2.75) is 25.8 Å². The summed E-state index contributed by atoms with van der Waals surface area (Å²) in [5.41, 5.74) is 5.44. The van der Waals surface area contributed by atoms with Gasteiger partial charge in [-0.2, -0.15) is 0 Å². The van der Waals surface area contributed by atoms with Crippen LogP contribution in [0.5, 0.6) is 0 Å². The molecule has 0 amide bonds. The van der Waals surface area contributed by atoms with E-state index in [9.17, 15) is 0 Å². The lowest BCUT2D eigenvalue weighted by atomic mass is 9.97. The average molecular weight is 370 g/mol. The molecule has 3 aromatic heterocycles. The second kappa shape index (κ2) is 7.17. The van der Waals surface area contributed by atoms with Crippen molar-refractivity contribution in [3.63, 3.8) is 0 Å². The number of hydrogen-bond donors (Lipinski definition) is 0. The maximum absolute atomic E-state index is 5.33. The van der Waals surface area contributed by atoms with Gasteiger partial charge in [0.05, 0.1) is 16.9 Å². The first kappa shape index (κ1) is 17.1. The minimum atomic E-state index is 0.512. The molecule has 0 spiro atoms. The normalized spacial score (nSPS) is 17.4. The van der Waals surface area contributed by atoms with E-state index in [0.717, 1.165) is 59.8 Å². The van der Waals surface area contributed by atoms with E-state index in [0.29, 0.717) is 5.92 Å². The Bertz CT molecular complexity index is 1120. The molecule has 5 nitrogen and oxygen atoms in total. The Kier molecular flexibility index (Phi) is 4.37. The molecule has 1 unspecified atom stereocenters. The summed E-state index contributed by atoms with van der Waals surface area (Å²) in [5.74, 6) is 1.24. The molecule has 28 heavy (non-hydrogen) atoms. The Balaban J connectivity index is 1.39. The van der Waals surface area contributed by atoms with Gasteiger partial charge in [-0.15, -0.1) is 0 Å². The number of benzene rings is 1. The molecule has 1 aromatic carbocycles. The van der Waals surface area contributed by atoms with Gasteiger partial charge >= 0.3 is 0 Å². The highest BCUT2D eigenvalue weighted by Gasteiger charge is 2.25. The smallest absolute Gasteiger partial charge is 0.191 e. The van der Waals surface area contributed by atoms with E-state index >= 15 is 0 Å². The van der Waals surface area contributed by atoms with E-state index < -0.39 is 0 Å². The van der Waals surface area contributed by atoms with Gasteiger partial charge in [-0.05, 0) is 42.6 Å². The molecule has 5 rings (SSSR count). The zero-order valence-corrected chi connectivity index (χ0v) is 15.9. The fourth-order valence-corrected chi connectivity index (χ4v) is 4.12. The zero-order chi connectivity index (χ0) is 18.9. The van der Waals surface area contributed by atoms with Gasteiger partial charge in [-0.3, -0.25) is 14.9 Å². The Morgan fingerprint density at radius 2 is 2.04 bits per heavy atom. The highest BCUT2D eigenvalue weighted by atomic mass is 16.3. The number of nitrogens with zero attached hydrogens (tertiary/aromatic N) is 4. The molecule has 0 aliphatic carbocycles. The van der Waals surface area contributed by atoms with Crippen molar-refractivity contribution in [1.29, 1.82) is 0 Å². The van der Waals surface area contributed by atoms with Gasteiger partial charge in [-0.25, -0.2) is 4.98 Å². The van der Waals surface area contributed by atoms with Crippen LogP contribution in [0, 0.1) is 6.92 Å². The number of hydrogen-bond acceptors (Lipinski definition) is 5. The van der Waals surface area contributed by atoms with Crippen molar-refractivity contribution in [3.05, 3.63) is 78.3 Å². The van der Waals surface area contributed by atoms with Crippen molar-refractivity contribution >= 4 is 10.9 Å². The van der Waals surface area contributed by atoms with Crippen molar-refractivity contribution in [3.8, 4) is 11.3 Å². The van der Waals surface area contributed by atoms with Crippen LogP contribution >= 0.6 is 0 Å². The lowest BCUT2D eigenvalue weighted by Gasteiger charge is -2.15. The highest BCUT2D eigenvalue weighted by Crippen LogP contribution is 2.31. The van der Waals surface area contributed by atoms with Gasteiger partial charge in [0.25, 0.3) is 0 Å². The summed E-state index contributed by atoms with van der Waals surface area (Å²) >= 11 is 0. The molecule has 1 aliphatic rings. The van der Waals surface area contributed by atoms with Crippen LogP contribution in [0.25, 0.3) is 22.2 Å². The van der Waals surface area contributed by atoms with E-state index in [1.54, 1.807) is 6.26 Å². The van der Waals surface area contributed by atoms with Crippen LogP contribution in [-0.4, -0.2) is 32.9 Å². The van der Waals surface area contributed by atoms with Gasteiger partial charge in [0.2, 0.25) is 0 Å². The van der Waals surface area contributed by atoms with E-state index in [2.05, 4.69) is 56.3 Å². The first-order chi connectivity index (χ1) is 13.8. The van der Waals surface area contributed by atoms with Crippen LogP contribution in [0.4, 0.5) is 0 Å². The molecule has 1 atom stereocenters. The van der Waals surface area contributed by atoms with Gasteiger partial charge in [0.1, 0.15) is 6.26 Å². The van der Waals surface area contributed by atoms with Crippen molar-refractivity contribution in [1.82, 2.24) is 19.9 Å². The van der Waals surface area contributed by atoms with E-state index in [4.69, 9.17) is 4.42 Å². The first-order valence-electron chi connectivity index (χ1n) is 9.70. The molecule has 4 aromatic rings. The number of oxazole rings is 1. The molecule has 1 aliphatic heterocycles. The molecule has 140 valence electrons. The summed E-state index contributed by atoms with van der Waals surface area (Å²) < 4.78 is 5.33. The molecular formula is C23H22N4O. The predicted octanol–water partition coefficient (Wildman–Crippen LogP) is 4.58. The second-order valence-corrected chi connectivity index (χ2v) is 7.43. The average Bonchev–Trinajstić information content (AvgIpc) is 3.37. The van der Waals surface area contributed by atoms with Gasteiger partial charge in [0, 0.05) is 43.4 Å². The van der Waals surface area contributed by atoms with Crippen molar-refractivity contribution < 1.29 is 4.42 Å². The van der Waals surface area contributed by atoms with Gasteiger partial charge in [0.15, 0.2) is 5.89 Å². The SMILES string of the molecule is Cc1nc(CN2CCC(c3ccnc(-c4cccc5cccnc45)c3)C2)co1. The van der Waals surface area contributed by atoms with Gasteiger partial charge < -0.3 is 4.42 Å². The maximum Gasteiger partial charge on any atom is 0.191 e.